The molecule has 4 atom stereocenters. The topological polar surface area (TPSA) is 92.6 Å². The zero-order chi connectivity index (χ0) is 28.2. The van der Waals surface area contributed by atoms with E-state index in [0.717, 1.165) is 5.56 Å². The van der Waals surface area contributed by atoms with Crippen LogP contribution in [0.5, 0.6) is 0 Å². The Morgan fingerprint density at radius 1 is 0.683 bits per heavy atom. The van der Waals surface area contributed by atoms with Crippen LogP contribution in [0, 0.1) is 18.8 Å². The molecule has 8 nitrogen and oxygen atoms in total. The molecule has 8 heteroatoms. The number of carbonyl (C=O) groups excluding carboxylic acids is 4. The van der Waals surface area contributed by atoms with Gasteiger partial charge < -0.3 is 4.57 Å². The molecule has 0 radical (unpaired) electrons. The van der Waals surface area contributed by atoms with Gasteiger partial charge in [-0.25, -0.2) is 9.88 Å². The highest BCUT2D eigenvalue weighted by Gasteiger charge is 2.58. The predicted molar refractivity (Wildman–Crippen MR) is 152 cm³/mol. The lowest BCUT2D eigenvalue weighted by Gasteiger charge is -2.32. The van der Waals surface area contributed by atoms with E-state index >= 15 is 0 Å². The third-order valence-electron chi connectivity index (χ3n) is 8.69. The summed E-state index contributed by atoms with van der Waals surface area (Å²) in [5, 5.41) is 0. The van der Waals surface area contributed by atoms with Crippen LogP contribution in [-0.2, 0) is 25.7 Å². The molecule has 3 heterocycles. The number of amides is 4. The Labute approximate surface area is 237 Å². The first-order valence-electron chi connectivity index (χ1n) is 13.9. The summed E-state index contributed by atoms with van der Waals surface area (Å²) in [4.78, 5) is 62.5. The Balaban J connectivity index is 1.34. The number of aromatic nitrogens is 2. The summed E-state index contributed by atoms with van der Waals surface area (Å²) in [6.07, 6.45) is 0.310. The molecular formula is C33H28N4O4. The maximum Gasteiger partial charge on any atom is 0.243 e. The Morgan fingerprint density at radius 2 is 1.24 bits per heavy atom. The van der Waals surface area contributed by atoms with Crippen molar-refractivity contribution in [2.45, 2.75) is 38.1 Å². The Hall–Kier alpha value is -4.85. The molecule has 2 aliphatic heterocycles. The van der Waals surface area contributed by atoms with E-state index in [0.29, 0.717) is 35.1 Å². The molecule has 7 rings (SSSR count). The fourth-order valence-electron chi connectivity index (χ4n) is 6.83. The van der Waals surface area contributed by atoms with Crippen LogP contribution in [0.4, 0.5) is 11.4 Å². The lowest BCUT2D eigenvalue weighted by molar-refractivity contribution is -0.125. The second kappa shape index (κ2) is 9.66. The maximum atomic E-state index is 14.0. The minimum Gasteiger partial charge on any atom is -0.327 e. The predicted octanol–water partition coefficient (Wildman–Crippen LogP) is 4.58. The first-order valence-corrected chi connectivity index (χ1v) is 13.9. The highest BCUT2D eigenvalue weighted by molar-refractivity contribution is 6.24. The summed E-state index contributed by atoms with van der Waals surface area (Å²) < 4.78 is 2.02. The van der Waals surface area contributed by atoms with Gasteiger partial charge in [-0.05, 0) is 43.2 Å². The lowest BCUT2D eigenvalue weighted by atomic mass is 9.70. The van der Waals surface area contributed by atoms with Crippen LogP contribution < -0.4 is 9.80 Å². The van der Waals surface area contributed by atoms with Gasteiger partial charge in [0.1, 0.15) is 5.82 Å². The van der Waals surface area contributed by atoms with Crippen molar-refractivity contribution < 1.29 is 19.2 Å². The van der Waals surface area contributed by atoms with Crippen LogP contribution in [0.1, 0.15) is 47.5 Å². The minimum atomic E-state index is -0.712. The number of hydrogen-bond donors (Lipinski definition) is 0. The molecule has 204 valence electrons. The summed E-state index contributed by atoms with van der Waals surface area (Å²) in [5.74, 6) is -2.91. The highest BCUT2D eigenvalue weighted by Crippen LogP contribution is 2.52. The van der Waals surface area contributed by atoms with E-state index in [1.54, 1.807) is 48.5 Å². The number of para-hydroxylation sites is 2. The average molecular weight is 545 g/mol. The van der Waals surface area contributed by atoms with Gasteiger partial charge in [0.05, 0.1) is 40.5 Å². The number of carbonyl (C=O) groups is 4. The van der Waals surface area contributed by atoms with Gasteiger partial charge in [0.15, 0.2) is 0 Å². The van der Waals surface area contributed by atoms with Crippen molar-refractivity contribution >= 4 is 35.0 Å². The quantitative estimate of drug-likeness (QED) is 0.343. The van der Waals surface area contributed by atoms with Crippen LogP contribution in [0.15, 0.2) is 91.0 Å². The summed E-state index contributed by atoms with van der Waals surface area (Å²) in [6.45, 7) is 2.37. The summed E-state index contributed by atoms with van der Waals surface area (Å²) in [7, 11) is 0. The van der Waals surface area contributed by atoms with Crippen molar-refractivity contribution in [1.82, 2.24) is 9.55 Å². The van der Waals surface area contributed by atoms with E-state index in [9.17, 15) is 19.2 Å². The van der Waals surface area contributed by atoms with E-state index in [1.165, 1.54) is 9.80 Å². The number of aryl methyl sites for hydroxylation is 1. The van der Waals surface area contributed by atoms with Crippen molar-refractivity contribution in [2.24, 2.45) is 11.8 Å². The molecule has 4 amide bonds. The zero-order valence-electron chi connectivity index (χ0n) is 22.5. The normalized spacial score (nSPS) is 23.7. The van der Waals surface area contributed by atoms with Gasteiger partial charge in [0, 0.05) is 18.9 Å². The van der Waals surface area contributed by atoms with Crippen molar-refractivity contribution in [3.63, 3.8) is 0 Å². The van der Waals surface area contributed by atoms with Crippen LogP contribution >= 0.6 is 0 Å². The highest BCUT2D eigenvalue weighted by atomic mass is 16.2. The molecule has 1 aliphatic carbocycles. The first kappa shape index (κ1) is 25.1. The molecule has 2 saturated heterocycles. The van der Waals surface area contributed by atoms with Crippen molar-refractivity contribution in [3.05, 3.63) is 114 Å². The number of imide groups is 2. The second-order valence-electron chi connectivity index (χ2n) is 11.0. The number of rotatable bonds is 5. The molecule has 3 aliphatic rings. The first-order chi connectivity index (χ1) is 19.9. The van der Waals surface area contributed by atoms with E-state index in [2.05, 4.69) is 0 Å². The van der Waals surface area contributed by atoms with Crippen molar-refractivity contribution in [1.29, 1.82) is 0 Å². The summed E-state index contributed by atoms with van der Waals surface area (Å²) >= 11 is 0. The van der Waals surface area contributed by atoms with E-state index < -0.39 is 23.7 Å². The van der Waals surface area contributed by atoms with E-state index in [-0.39, 0.29) is 36.5 Å². The van der Waals surface area contributed by atoms with Crippen LogP contribution in [-0.4, -0.2) is 33.2 Å². The van der Waals surface area contributed by atoms with Crippen LogP contribution in [0.3, 0.4) is 0 Å². The molecule has 3 aromatic carbocycles. The summed E-state index contributed by atoms with van der Waals surface area (Å²) in [6, 6.07) is 27.8. The van der Waals surface area contributed by atoms with Gasteiger partial charge in [0.25, 0.3) is 0 Å². The second-order valence-corrected chi connectivity index (χ2v) is 11.0. The Bertz CT molecular complexity index is 1680. The number of fused-ring (bicyclic) bond motifs is 3. The van der Waals surface area contributed by atoms with Crippen LogP contribution in [0.25, 0.3) is 0 Å². The van der Waals surface area contributed by atoms with E-state index in [4.69, 9.17) is 4.98 Å². The monoisotopic (exact) mass is 544 g/mol. The Morgan fingerprint density at radius 3 is 1.88 bits per heavy atom. The standard InChI is InChI=1S/C33H28N4O4/c1-20-34-29-24(25-18-27(38)36(31(25)39)22-13-7-3-8-14-22)17-26-28(30(29)35(20)19-21-11-5-2-6-12-21)33(41)37(32(26)40)23-15-9-4-10-16-23/h2-16,24-26,28H,17-19H2,1H3/t24?,25-,26?,28?/m0/s1. The number of nitrogens with zero attached hydrogens (tertiary/aromatic N) is 4. The zero-order valence-corrected chi connectivity index (χ0v) is 22.5. The smallest absolute Gasteiger partial charge is 0.243 e. The lowest BCUT2D eigenvalue weighted by Crippen LogP contribution is -2.35. The largest absolute Gasteiger partial charge is 0.327 e. The van der Waals surface area contributed by atoms with Crippen molar-refractivity contribution in [3.8, 4) is 0 Å². The molecule has 4 aromatic rings. The molecule has 0 saturated carbocycles. The Kier molecular flexibility index (Phi) is 5.92. The molecule has 0 N–H and O–H groups in total. The molecule has 0 spiro atoms. The number of anilines is 2. The van der Waals surface area contributed by atoms with Gasteiger partial charge >= 0.3 is 0 Å². The number of benzene rings is 3. The maximum absolute atomic E-state index is 14.0. The van der Waals surface area contributed by atoms with Gasteiger partial charge in [-0.2, -0.15) is 0 Å². The third kappa shape index (κ3) is 3.93. The minimum absolute atomic E-state index is 0.0321. The van der Waals surface area contributed by atoms with Gasteiger partial charge in [0.2, 0.25) is 23.6 Å². The molecule has 2 fully saturated rings. The fraction of sp³-hybridized carbons (Fsp3) is 0.242. The number of hydrogen-bond acceptors (Lipinski definition) is 5. The molecular weight excluding hydrogens is 516 g/mol. The summed E-state index contributed by atoms with van der Waals surface area (Å²) in [5.41, 5.74) is 3.43. The van der Waals surface area contributed by atoms with Gasteiger partial charge in [-0.15, -0.1) is 0 Å². The molecule has 41 heavy (non-hydrogen) atoms. The molecule has 3 unspecified atom stereocenters. The third-order valence-corrected chi connectivity index (χ3v) is 8.69. The van der Waals surface area contributed by atoms with Gasteiger partial charge in [-0.1, -0.05) is 66.7 Å². The molecule has 1 aromatic heterocycles. The van der Waals surface area contributed by atoms with Crippen molar-refractivity contribution in [2.75, 3.05) is 9.80 Å². The average Bonchev–Trinajstić information content (AvgIpc) is 3.57. The van der Waals surface area contributed by atoms with Crippen LogP contribution in [0.2, 0.25) is 0 Å². The fourth-order valence-corrected chi connectivity index (χ4v) is 6.83. The van der Waals surface area contributed by atoms with Gasteiger partial charge in [-0.3, -0.25) is 24.1 Å². The molecule has 0 bridgehead atoms. The van der Waals surface area contributed by atoms with E-state index in [1.807, 2.05) is 54.0 Å². The SMILES string of the molecule is Cc1nc2c(n1Cc1ccccc1)C1C(=O)N(c3ccccc3)C(=O)C1CC2[C@@H]1CC(=O)N(c2ccccc2)C1=O. The number of imidazole rings is 1.